The number of rotatable bonds is 32. The Morgan fingerprint density at radius 1 is 0.545 bits per heavy atom. The fraction of sp³-hybridized carbons (Fsp3) is 0.744. The van der Waals surface area contributed by atoms with Crippen LogP contribution in [0.2, 0.25) is 0 Å². The van der Waals surface area contributed by atoms with E-state index in [9.17, 15) is 14.7 Å². The van der Waals surface area contributed by atoms with Crippen molar-refractivity contribution in [2.75, 3.05) is 13.2 Å². The van der Waals surface area contributed by atoms with Gasteiger partial charge in [-0.15, -0.1) is 0 Å². The van der Waals surface area contributed by atoms with Gasteiger partial charge >= 0.3 is 11.9 Å². The van der Waals surface area contributed by atoms with Gasteiger partial charge in [0.25, 0.3) is 0 Å². The van der Waals surface area contributed by atoms with Crippen LogP contribution in [0.4, 0.5) is 0 Å². The number of carbonyl (C=O) groups is 2. The number of allylic oxidation sites excluding steroid dienone is 8. The molecule has 0 radical (unpaired) electrons. The van der Waals surface area contributed by atoms with E-state index in [0.29, 0.717) is 12.8 Å². The number of esters is 2. The van der Waals surface area contributed by atoms with Gasteiger partial charge in [0, 0.05) is 12.8 Å². The molecule has 0 aliphatic heterocycles. The third-order valence-corrected chi connectivity index (χ3v) is 7.64. The summed E-state index contributed by atoms with van der Waals surface area (Å²) in [6.45, 7) is 3.92. The van der Waals surface area contributed by atoms with Crippen molar-refractivity contribution in [2.24, 2.45) is 0 Å². The average Bonchev–Trinajstić information content (AvgIpc) is 3.02. The lowest BCUT2D eigenvalue weighted by molar-refractivity contribution is -0.161. The van der Waals surface area contributed by atoms with Gasteiger partial charge in [-0.3, -0.25) is 9.59 Å². The molecule has 0 fully saturated rings. The van der Waals surface area contributed by atoms with Crippen LogP contribution in [0.3, 0.4) is 0 Å². The standard InChI is InChI=1S/C39H68O5/c1-3-5-7-9-10-11-12-13-14-15-16-17-18-19-20-21-22-23-24-25-26-27-28-30-32-34-39(42)44-37(35-40)36-43-38(41)33-31-29-8-6-4-2/h5,7,10-11,13-14,16-17,37,40H,3-4,6,8-9,12,15,18-36H2,1-2H3/b7-5-,11-10-,14-13-,17-16-. The Morgan fingerprint density at radius 3 is 1.48 bits per heavy atom. The molecule has 0 bridgehead atoms. The highest BCUT2D eigenvalue weighted by Crippen LogP contribution is 2.14. The third kappa shape index (κ3) is 32.8. The van der Waals surface area contributed by atoms with Gasteiger partial charge in [-0.05, 0) is 51.4 Å². The van der Waals surface area contributed by atoms with Gasteiger partial charge in [-0.25, -0.2) is 0 Å². The van der Waals surface area contributed by atoms with Gasteiger partial charge in [-0.1, -0.05) is 152 Å². The molecular formula is C39H68O5. The lowest BCUT2D eigenvalue weighted by Gasteiger charge is -2.15. The molecule has 0 rings (SSSR count). The van der Waals surface area contributed by atoms with Crippen molar-refractivity contribution in [3.63, 3.8) is 0 Å². The summed E-state index contributed by atoms with van der Waals surface area (Å²) in [6, 6.07) is 0. The molecule has 0 saturated heterocycles. The van der Waals surface area contributed by atoms with E-state index in [2.05, 4.69) is 62.5 Å². The molecule has 0 aliphatic rings. The number of ether oxygens (including phenoxy) is 2. The van der Waals surface area contributed by atoms with Crippen LogP contribution in [0.25, 0.3) is 0 Å². The molecule has 5 nitrogen and oxygen atoms in total. The molecule has 0 aromatic heterocycles. The summed E-state index contributed by atoms with van der Waals surface area (Å²) in [5, 5.41) is 9.45. The van der Waals surface area contributed by atoms with E-state index < -0.39 is 6.10 Å². The number of carbonyl (C=O) groups excluding carboxylic acids is 2. The minimum absolute atomic E-state index is 0.0674. The van der Waals surface area contributed by atoms with E-state index >= 15 is 0 Å². The summed E-state index contributed by atoms with van der Waals surface area (Å²) < 4.78 is 10.5. The van der Waals surface area contributed by atoms with Gasteiger partial charge in [0.05, 0.1) is 6.61 Å². The van der Waals surface area contributed by atoms with E-state index in [1.807, 2.05) is 0 Å². The van der Waals surface area contributed by atoms with Gasteiger partial charge in [0.1, 0.15) is 6.61 Å². The fourth-order valence-corrected chi connectivity index (χ4v) is 4.90. The number of aliphatic hydroxyl groups is 1. The van der Waals surface area contributed by atoms with Crippen molar-refractivity contribution < 1.29 is 24.2 Å². The number of hydrogen-bond donors (Lipinski definition) is 1. The molecule has 1 atom stereocenters. The first kappa shape index (κ1) is 41.9. The van der Waals surface area contributed by atoms with Crippen LogP contribution in [0.5, 0.6) is 0 Å². The van der Waals surface area contributed by atoms with E-state index in [4.69, 9.17) is 9.47 Å². The monoisotopic (exact) mass is 617 g/mol. The van der Waals surface area contributed by atoms with Crippen LogP contribution < -0.4 is 0 Å². The predicted octanol–water partition coefficient (Wildman–Crippen LogP) is 11.1. The molecule has 0 aliphatic carbocycles. The molecule has 1 unspecified atom stereocenters. The van der Waals surface area contributed by atoms with E-state index in [1.54, 1.807) is 0 Å². The summed E-state index contributed by atoms with van der Waals surface area (Å²) in [5.41, 5.74) is 0. The molecule has 5 heteroatoms. The molecule has 254 valence electrons. The van der Waals surface area contributed by atoms with E-state index in [0.717, 1.165) is 64.2 Å². The maximum Gasteiger partial charge on any atom is 0.306 e. The van der Waals surface area contributed by atoms with Crippen LogP contribution in [-0.2, 0) is 19.1 Å². The second-order valence-electron chi connectivity index (χ2n) is 11.9. The Labute approximate surface area is 271 Å². The molecular weight excluding hydrogens is 548 g/mol. The van der Waals surface area contributed by atoms with Crippen molar-refractivity contribution >= 4 is 11.9 Å². The Morgan fingerprint density at radius 2 is 0.977 bits per heavy atom. The molecule has 0 spiro atoms. The van der Waals surface area contributed by atoms with E-state index in [1.165, 1.54) is 77.0 Å². The highest BCUT2D eigenvalue weighted by Gasteiger charge is 2.16. The Kier molecular flexibility index (Phi) is 33.6. The largest absolute Gasteiger partial charge is 0.462 e. The zero-order valence-electron chi connectivity index (χ0n) is 28.7. The Bertz CT molecular complexity index is 752. The number of aliphatic hydroxyl groups excluding tert-OH is 1. The first-order chi connectivity index (χ1) is 21.6. The summed E-state index contributed by atoms with van der Waals surface area (Å²) in [7, 11) is 0. The highest BCUT2D eigenvalue weighted by molar-refractivity contribution is 5.70. The Hall–Kier alpha value is -2.14. The van der Waals surface area contributed by atoms with Gasteiger partial charge in [0.2, 0.25) is 0 Å². The Balaban J connectivity index is 3.48. The normalized spacial score (nSPS) is 12.7. The second kappa shape index (κ2) is 35.3. The maximum absolute atomic E-state index is 12.1. The predicted molar refractivity (Wildman–Crippen MR) is 187 cm³/mol. The van der Waals surface area contributed by atoms with Crippen LogP contribution in [-0.4, -0.2) is 36.4 Å². The molecule has 1 N–H and O–H groups in total. The summed E-state index contributed by atoms with van der Waals surface area (Å²) >= 11 is 0. The van der Waals surface area contributed by atoms with Crippen LogP contribution in [0.15, 0.2) is 48.6 Å². The van der Waals surface area contributed by atoms with Crippen molar-refractivity contribution in [1.29, 1.82) is 0 Å². The summed E-state index contributed by atoms with van der Waals surface area (Å²) in [4.78, 5) is 23.9. The maximum atomic E-state index is 12.1. The SMILES string of the molecule is CC/C=C\C/C=C\C/C=C\C/C=C\CCCCCCCCCCCCCCC(=O)OC(CO)COC(=O)CCCCCCC. The van der Waals surface area contributed by atoms with Crippen LogP contribution >= 0.6 is 0 Å². The molecule has 0 aromatic carbocycles. The van der Waals surface area contributed by atoms with Crippen molar-refractivity contribution in [1.82, 2.24) is 0 Å². The molecule has 0 amide bonds. The van der Waals surface area contributed by atoms with Crippen molar-refractivity contribution in [3.05, 3.63) is 48.6 Å². The smallest absolute Gasteiger partial charge is 0.306 e. The zero-order chi connectivity index (χ0) is 32.2. The van der Waals surface area contributed by atoms with Crippen LogP contribution in [0.1, 0.15) is 168 Å². The molecule has 0 saturated carbocycles. The van der Waals surface area contributed by atoms with Crippen molar-refractivity contribution in [2.45, 2.75) is 174 Å². The minimum atomic E-state index is -0.767. The topological polar surface area (TPSA) is 72.8 Å². The summed E-state index contributed by atoms with van der Waals surface area (Å²) in [5.74, 6) is -0.609. The van der Waals surface area contributed by atoms with Gasteiger partial charge < -0.3 is 14.6 Å². The quantitative estimate of drug-likeness (QED) is 0.0462. The third-order valence-electron chi connectivity index (χ3n) is 7.64. The average molecular weight is 617 g/mol. The summed E-state index contributed by atoms with van der Waals surface area (Å²) in [6.07, 6.45) is 43.5. The first-order valence-electron chi connectivity index (χ1n) is 18.2. The molecule has 0 heterocycles. The van der Waals surface area contributed by atoms with Crippen LogP contribution in [0, 0.1) is 0 Å². The second-order valence-corrected chi connectivity index (χ2v) is 11.9. The molecule has 44 heavy (non-hydrogen) atoms. The molecule has 0 aromatic rings. The van der Waals surface area contributed by atoms with Gasteiger partial charge in [-0.2, -0.15) is 0 Å². The lowest BCUT2D eigenvalue weighted by Crippen LogP contribution is -2.28. The minimum Gasteiger partial charge on any atom is -0.462 e. The fourth-order valence-electron chi connectivity index (χ4n) is 4.90. The number of hydrogen-bond acceptors (Lipinski definition) is 5. The van der Waals surface area contributed by atoms with Gasteiger partial charge in [0.15, 0.2) is 6.10 Å². The highest BCUT2D eigenvalue weighted by atomic mass is 16.6. The first-order valence-corrected chi connectivity index (χ1v) is 18.2. The van der Waals surface area contributed by atoms with E-state index in [-0.39, 0.29) is 25.2 Å². The van der Waals surface area contributed by atoms with Crippen molar-refractivity contribution in [3.8, 4) is 0 Å². The number of unbranched alkanes of at least 4 members (excludes halogenated alkanes) is 16. The lowest BCUT2D eigenvalue weighted by atomic mass is 10.0. The zero-order valence-corrected chi connectivity index (χ0v) is 28.7.